The number of carbonyl (C=O) groups excluding carboxylic acids is 1. The highest BCUT2D eigenvalue weighted by atomic mass is 35.5. The van der Waals surface area contributed by atoms with E-state index in [-0.39, 0.29) is 52.6 Å². The number of piperidine rings is 3. The number of pyridine rings is 3. The van der Waals surface area contributed by atoms with Gasteiger partial charge in [0.1, 0.15) is 37.3 Å². The average Bonchev–Trinajstić information content (AvgIpc) is 1.56. The van der Waals surface area contributed by atoms with E-state index in [1.807, 2.05) is 51.8 Å². The summed E-state index contributed by atoms with van der Waals surface area (Å²) in [5.74, 6) is 4.94. The highest BCUT2D eigenvalue weighted by Crippen LogP contribution is 2.63. The van der Waals surface area contributed by atoms with E-state index in [0.717, 1.165) is 109 Å². The van der Waals surface area contributed by atoms with Crippen molar-refractivity contribution in [1.29, 1.82) is 0 Å². The Labute approximate surface area is 555 Å². The third-order valence-corrected chi connectivity index (χ3v) is 19.5. The van der Waals surface area contributed by atoms with Gasteiger partial charge in [-0.2, -0.15) is 0 Å². The molecule has 3 saturated heterocycles. The van der Waals surface area contributed by atoms with Crippen molar-refractivity contribution in [3.63, 3.8) is 0 Å². The van der Waals surface area contributed by atoms with Crippen molar-refractivity contribution < 1.29 is 46.4 Å². The van der Waals surface area contributed by atoms with Crippen molar-refractivity contribution in [3.05, 3.63) is 170 Å². The Balaban J connectivity index is 0.000000136. The number of thioether (sulfide) groups is 1. The molecule has 8 aromatic rings. The summed E-state index contributed by atoms with van der Waals surface area (Å²) >= 11 is 20.7. The van der Waals surface area contributed by atoms with Gasteiger partial charge in [0.25, 0.3) is 0 Å². The minimum absolute atomic E-state index is 0.0272. The fourth-order valence-electron chi connectivity index (χ4n) is 13.2. The number of aliphatic imine (C=N–C) groups is 1. The lowest BCUT2D eigenvalue weighted by Crippen LogP contribution is -2.30. The lowest BCUT2D eigenvalue weighted by Gasteiger charge is -2.24. The normalized spacial score (nSPS) is 21.9. The van der Waals surface area contributed by atoms with Crippen LogP contribution in [-0.4, -0.2) is 162 Å². The monoisotopic (exact) mass is 1350 g/mol. The third kappa shape index (κ3) is 14.0. The zero-order valence-corrected chi connectivity index (χ0v) is 55.3. The van der Waals surface area contributed by atoms with Crippen LogP contribution in [0.15, 0.2) is 115 Å². The second kappa shape index (κ2) is 28.5. The number of benzene rings is 3. The molecule has 14 rings (SSSR count). The standard InChI is InChI=1S/2C21H21ClFN5O2.C19H19ClFN3OS.C4H9NO2/c2*1-29-11-18-25-26-20(28(18)15-4-6-19(30-2)24-9-15)27-10-13-8-21(13,12-27)16-5-3-14(23)7-17(16)22;1-25-17-6-4-14(9-22-17)23-18(26-2)24-10-12-8-19(12,11-24)15-5-3-13(21)7-16(15)20;1-7-3-4(6)2-5/h2*3-7,9,13H,8,10-12H2,1-2H3;3-7,9,12H,8,10-11H2,1-2H3;2-3,5H2,1H3/t2*13-,21-;12-,19-;/m000./s1. The number of rotatable bonds is 18. The number of hydrogen-bond acceptors (Lipinski definition) is 19. The van der Waals surface area contributed by atoms with Gasteiger partial charge in [0, 0.05) is 110 Å². The Kier molecular flexibility index (Phi) is 20.5. The maximum Gasteiger partial charge on any atom is 0.232 e. The molecule has 0 spiro atoms. The van der Waals surface area contributed by atoms with E-state index < -0.39 is 0 Å². The van der Waals surface area contributed by atoms with Crippen molar-refractivity contribution in [2.24, 2.45) is 28.5 Å². The third-order valence-electron chi connectivity index (χ3n) is 17.9. The first kappa shape index (κ1) is 66.8. The molecular weight excluding hydrogens is 1280 g/mol. The molecule has 6 atom stereocenters. The Bertz CT molecular complexity index is 3820. The van der Waals surface area contributed by atoms with E-state index in [2.05, 4.69) is 54.8 Å². The SMILES string of the molecule is COCC(=O)CN.COCc1nnc(N2C[C@@H]3C[C@]3(c3ccc(F)cc3Cl)C2)n1-c1ccc(OC)nc1.COCc1nnc(N2C[C@@H]3C[C@]3(c3ccc(F)cc3Cl)C2)n1-c1ccc(OC)nc1.COc1ccc(N=C(SC)N2C[C@@H]3C[C@]3(c3ccc(F)cc3Cl)C2)cn1. The molecule has 3 saturated carbocycles. The van der Waals surface area contributed by atoms with Gasteiger partial charge in [0.05, 0.1) is 63.5 Å². The molecule has 0 bridgehead atoms. The van der Waals surface area contributed by atoms with E-state index >= 15 is 0 Å². The number of ketones is 1. The molecule has 8 heterocycles. The van der Waals surface area contributed by atoms with Crippen LogP contribution in [0.25, 0.3) is 11.4 Å². The molecule has 3 aliphatic heterocycles. The molecule has 28 heteroatoms. The Morgan fingerprint density at radius 3 is 1.33 bits per heavy atom. The number of anilines is 2. The summed E-state index contributed by atoms with van der Waals surface area (Å²) in [6.07, 6.45) is 10.4. The Morgan fingerprint density at radius 2 is 0.989 bits per heavy atom. The number of nitrogens with two attached hydrogens (primary N) is 1. The van der Waals surface area contributed by atoms with Gasteiger partial charge in [0.2, 0.25) is 29.5 Å². The molecule has 3 aromatic carbocycles. The first-order chi connectivity index (χ1) is 45.0. The highest BCUT2D eigenvalue weighted by Gasteiger charge is 2.64. The molecule has 6 aliphatic rings. The number of ether oxygens (including phenoxy) is 6. The van der Waals surface area contributed by atoms with E-state index in [9.17, 15) is 18.0 Å². The number of Topliss-reactive ketones (excluding diaryl/α,β-unsaturated/α-hetero) is 1. The van der Waals surface area contributed by atoms with Crippen molar-refractivity contribution in [3.8, 4) is 29.0 Å². The van der Waals surface area contributed by atoms with Crippen LogP contribution in [0.1, 0.15) is 47.6 Å². The number of halogens is 6. The van der Waals surface area contributed by atoms with Crippen molar-refractivity contribution in [2.75, 3.05) is 111 Å². The van der Waals surface area contributed by atoms with Gasteiger partial charge < -0.3 is 48.9 Å². The van der Waals surface area contributed by atoms with Gasteiger partial charge in [-0.1, -0.05) is 64.8 Å². The summed E-state index contributed by atoms with van der Waals surface area (Å²) in [5.41, 5.74) is 10.3. The Morgan fingerprint density at radius 1 is 0.570 bits per heavy atom. The van der Waals surface area contributed by atoms with Crippen LogP contribution in [-0.2, 0) is 48.5 Å². The summed E-state index contributed by atoms with van der Waals surface area (Å²) in [7, 11) is 9.48. The number of aromatic nitrogens is 9. The molecule has 5 aromatic heterocycles. The van der Waals surface area contributed by atoms with Gasteiger partial charge in [-0.15, -0.1) is 20.4 Å². The fourth-order valence-corrected chi connectivity index (χ4v) is 14.9. The molecule has 0 radical (unpaired) electrons. The summed E-state index contributed by atoms with van der Waals surface area (Å²) in [5, 5.41) is 20.1. The molecule has 0 amide bonds. The number of likely N-dealkylation sites (tertiary alicyclic amines) is 1. The van der Waals surface area contributed by atoms with Gasteiger partial charge in [0.15, 0.2) is 22.6 Å². The summed E-state index contributed by atoms with van der Waals surface area (Å²) in [4.78, 5) is 34.5. The van der Waals surface area contributed by atoms with Crippen LogP contribution in [0.2, 0.25) is 15.1 Å². The van der Waals surface area contributed by atoms with E-state index in [4.69, 9.17) is 69.2 Å². The number of methoxy groups -OCH3 is 6. The summed E-state index contributed by atoms with van der Waals surface area (Å²) in [6.45, 7) is 5.82. The number of carbonyl (C=O) groups is 1. The molecule has 3 aliphatic carbocycles. The number of nitrogens with zero attached hydrogens (tertiary/aromatic N) is 13. The topological polar surface area (TPSA) is 221 Å². The predicted octanol–water partition coefficient (Wildman–Crippen LogP) is 10.4. The van der Waals surface area contributed by atoms with Gasteiger partial charge in [-0.3, -0.25) is 13.9 Å². The van der Waals surface area contributed by atoms with Gasteiger partial charge in [-0.25, -0.2) is 33.1 Å². The Hall–Kier alpha value is -7.62. The van der Waals surface area contributed by atoms with Crippen LogP contribution in [0, 0.1) is 35.2 Å². The summed E-state index contributed by atoms with van der Waals surface area (Å²) < 4.78 is 74.9. The number of fused-ring (bicyclic) bond motifs is 3. The van der Waals surface area contributed by atoms with E-state index in [1.165, 1.54) is 43.5 Å². The number of amidine groups is 1. The minimum atomic E-state index is -0.317. The van der Waals surface area contributed by atoms with Crippen molar-refractivity contribution in [1.82, 2.24) is 49.4 Å². The van der Waals surface area contributed by atoms with Crippen LogP contribution >= 0.6 is 46.6 Å². The average molecular weight is 1350 g/mol. The molecular formula is C65H70Cl3F3N14O7S. The van der Waals surface area contributed by atoms with Crippen LogP contribution < -0.4 is 29.7 Å². The molecule has 490 valence electrons. The first-order valence-electron chi connectivity index (χ1n) is 29.8. The van der Waals surface area contributed by atoms with Crippen LogP contribution in [0.4, 0.5) is 30.8 Å². The smallest absolute Gasteiger partial charge is 0.232 e. The van der Waals surface area contributed by atoms with Gasteiger partial charge >= 0.3 is 0 Å². The molecule has 21 nitrogen and oxygen atoms in total. The summed E-state index contributed by atoms with van der Waals surface area (Å²) in [6, 6.07) is 25.3. The van der Waals surface area contributed by atoms with E-state index in [0.29, 0.717) is 75.3 Å². The second-order valence-electron chi connectivity index (χ2n) is 23.5. The lowest BCUT2D eigenvalue weighted by molar-refractivity contribution is -0.121. The molecule has 93 heavy (non-hydrogen) atoms. The highest BCUT2D eigenvalue weighted by molar-refractivity contribution is 8.13. The molecule has 0 unspecified atom stereocenters. The number of hydrogen-bond donors (Lipinski definition) is 1. The molecule has 6 fully saturated rings. The van der Waals surface area contributed by atoms with Crippen LogP contribution in [0.5, 0.6) is 17.6 Å². The first-order valence-corrected chi connectivity index (χ1v) is 32.2. The minimum Gasteiger partial charge on any atom is -0.481 e. The van der Waals surface area contributed by atoms with Gasteiger partial charge in [-0.05, 0) is 115 Å². The van der Waals surface area contributed by atoms with Crippen molar-refractivity contribution >= 4 is 75.1 Å². The van der Waals surface area contributed by atoms with Crippen LogP contribution in [0.3, 0.4) is 0 Å². The maximum absolute atomic E-state index is 13.5. The van der Waals surface area contributed by atoms with E-state index in [1.54, 1.807) is 84.1 Å². The molecule has 2 N–H and O–H groups in total. The quantitative estimate of drug-likeness (QED) is 0.0623. The zero-order chi connectivity index (χ0) is 65.8. The predicted molar refractivity (Wildman–Crippen MR) is 350 cm³/mol. The maximum atomic E-state index is 13.5. The van der Waals surface area contributed by atoms with Crippen molar-refractivity contribution in [2.45, 2.75) is 48.7 Å². The lowest BCUT2D eigenvalue weighted by atomic mass is 9.95. The largest absolute Gasteiger partial charge is 0.481 e. The second-order valence-corrected chi connectivity index (χ2v) is 25.5. The zero-order valence-electron chi connectivity index (χ0n) is 52.2. The fraction of sp³-hybridized carbons (Fsp3) is 0.400.